The molecule has 14 heavy (non-hydrogen) atoms. The summed E-state index contributed by atoms with van der Waals surface area (Å²) >= 11 is 0.476. The molecule has 0 saturated carbocycles. The van der Waals surface area contributed by atoms with Crippen LogP contribution in [0.1, 0.15) is 6.42 Å². The molecule has 0 aliphatic heterocycles. The summed E-state index contributed by atoms with van der Waals surface area (Å²) in [6, 6.07) is 10.4. The summed E-state index contributed by atoms with van der Waals surface area (Å²) in [5.41, 5.74) is 0. The predicted molar refractivity (Wildman–Crippen MR) is 58.9 cm³/mol. The molecule has 0 radical (unpaired) electrons. The summed E-state index contributed by atoms with van der Waals surface area (Å²) < 4.78 is 1.38. The Balaban J connectivity index is 2.21. The fourth-order valence-corrected chi connectivity index (χ4v) is 3.28. The normalized spacial score (nSPS) is 10.8. The molecule has 78 valence electrons. The van der Waals surface area contributed by atoms with Crippen molar-refractivity contribution in [2.75, 3.05) is 13.2 Å². The minimum atomic E-state index is 0.0700. The van der Waals surface area contributed by atoms with Gasteiger partial charge in [-0.1, -0.05) is 0 Å². The third-order valence-electron chi connectivity index (χ3n) is 2.05. The van der Waals surface area contributed by atoms with Crippen LogP contribution in [-0.2, 0) is 0 Å². The molecule has 0 atom stereocenters. The molecule has 0 aliphatic rings. The first kappa shape index (κ1) is 11.7. The Labute approximate surface area is 91.1 Å². The molecule has 1 aromatic rings. The molecular weight excluding hydrogens is 243 g/mol. The maximum absolute atomic E-state index is 8.87. The Kier molecular flexibility index (Phi) is 5.88. The summed E-state index contributed by atoms with van der Waals surface area (Å²) in [6.45, 7) is 0.197. The van der Waals surface area contributed by atoms with Gasteiger partial charge in [-0.3, -0.25) is 0 Å². The molecule has 0 bridgehead atoms. The Bertz CT molecular complexity index is 234. The number of benzene rings is 1. The van der Waals surface area contributed by atoms with Crippen LogP contribution in [0.2, 0.25) is 5.32 Å². The van der Waals surface area contributed by atoms with E-state index in [-0.39, 0.29) is 19.1 Å². The van der Waals surface area contributed by atoms with Gasteiger partial charge < -0.3 is 0 Å². The molecule has 1 aromatic carbocycles. The molecule has 0 aromatic heterocycles. The van der Waals surface area contributed by atoms with Gasteiger partial charge in [0.2, 0.25) is 0 Å². The van der Waals surface area contributed by atoms with Crippen molar-refractivity contribution < 1.29 is 10.2 Å². The fraction of sp³-hybridized carbons (Fsp3) is 0.455. The fourth-order valence-electron chi connectivity index (χ4n) is 1.10. The zero-order valence-corrected chi connectivity index (χ0v) is 9.81. The molecule has 0 aliphatic carbocycles. The average molecular weight is 259 g/mol. The summed E-state index contributed by atoms with van der Waals surface area (Å²) in [5.74, 6) is 0.0700. The first-order valence-corrected chi connectivity index (χ1v) is 6.83. The van der Waals surface area contributed by atoms with E-state index in [1.807, 2.05) is 18.2 Å². The zero-order valence-electron chi connectivity index (χ0n) is 8.10. The van der Waals surface area contributed by atoms with Gasteiger partial charge in [0.15, 0.2) is 0 Å². The first-order chi connectivity index (χ1) is 6.86. The van der Waals surface area contributed by atoms with Crippen molar-refractivity contribution in [2.24, 2.45) is 5.92 Å². The van der Waals surface area contributed by atoms with Gasteiger partial charge in [-0.15, -0.1) is 0 Å². The van der Waals surface area contributed by atoms with Gasteiger partial charge in [-0.2, -0.15) is 0 Å². The number of hydrogen-bond acceptors (Lipinski definition) is 2. The Morgan fingerprint density at radius 3 is 2.29 bits per heavy atom. The summed E-state index contributed by atoms with van der Waals surface area (Å²) in [5, 5.41) is 18.8. The van der Waals surface area contributed by atoms with Gasteiger partial charge in [-0.05, 0) is 0 Å². The molecule has 1 rings (SSSR count). The zero-order chi connectivity index (χ0) is 10.2. The standard InChI is InChI=1S/C11H16O2Se/c12-8-10(9-13)6-7-14-11-4-2-1-3-5-11/h1-5,10,12-13H,6-9H2. The van der Waals surface area contributed by atoms with E-state index in [1.165, 1.54) is 4.46 Å². The number of aliphatic hydroxyl groups excluding tert-OH is 2. The first-order valence-electron chi connectivity index (χ1n) is 4.76. The predicted octanol–water partition coefficient (Wildman–Crippen LogP) is 0.425. The summed E-state index contributed by atoms with van der Waals surface area (Å²) in [6.07, 6.45) is 0.919. The molecule has 2 nitrogen and oxygen atoms in total. The van der Waals surface area contributed by atoms with E-state index in [2.05, 4.69) is 12.1 Å². The van der Waals surface area contributed by atoms with Gasteiger partial charge in [0, 0.05) is 0 Å². The van der Waals surface area contributed by atoms with Crippen molar-refractivity contribution in [3.8, 4) is 0 Å². The van der Waals surface area contributed by atoms with E-state index in [4.69, 9.17) is 10.2 Å². The second kappa shape index (κ2) is 7.02. The van der Waals surface area contributed by atoms with Crippen LogP contribution in [0, 0.1) is 5.92 Å². The van der Waals surface area contributed by atoms with Gasteiger partial charge >= 0.3 is 90.8 Å². The van der Waals surface area contributed by atoms with Crippen LogP contribution in [-0.4, -0.2) is 38.4 Å². The third-order valence-corrected chi connectivity index (χ3v) is 4.25. The topological polar surface area (TPSA) is 40.5 Å². The van der Waals surface area contributed by atoms with Crippen molar-refractivity contribution in [3.63, 3.8) is 0 Å². The van der Waals surface area contributed by atoms with E-state index < -0.39 is 0 Å². The van der Waals surface area contributed by atoms with Gasteiger partial charge in [0.1, 0.15) is 0 Å². The van der Waals surface area contributed by atoms with Crippen LogP contribution in [0.4, 0.5) is 0 Å². The molecule has 0 amide bonds. The van der Waals surface area contributed by atoms with E-state index in [0.717, 1.165) is 11.7 Å². The number of hydrogen-bond donors (Lipinski definition) is 2. The molecule has 0 spiro atoms. The van der Waals surface area contributed by atoms with Gasteiger partial charge in [0.05, 0.1) is 0 Å². The van der Waals surface area contributed by atoms with E-state index in [1.54, 1.807) is 0 Å². The van der Waals surface area contributed by atoms with E-state index in [0.29, 0.717) is 15.0 Å². The van der Waals surface area contributed by atoms with Crippen molar-refractivity contribution in [3.05, 3.63) is 30.3 Å². The van der Waals surface area contributed by atoms with Crippen LogP contribution in [0.25, 0.3) is 0 Å². The van der Waals surface area contributed by atoms with E-state index in [9.17, 15) is 0 Å². The van der Waals surface area contributed by atoms with Gasteiger partial charge in [0.25, 0.3) is 0 Å². The number of aliphatic hydroxyl groups is 2. The van der Waals surface area contributed by atoms with Crippen LogP contribution < -0.4 is 4.46 Å². The second-order valence-electron chi connectivity index (χ2n) is 3.18. The summed E-state index contributed by atoms with van der Waals surface area (Å²) in [7, 11) is 0. The Morgan fingerprint density at radius 2 is 1.71 bits per heavy atom. The quantitative estimate of drug-likeness (QED) is 0.727. The minimum absolute atomic E-state index is 0.0700. The summed E-state index contributed by atoms with van der Waals surface area (Å²) in [4.78, 5) is 0. The second-order valence-corrected chi connectivity index (χ2v) is 5.63. The van der Waals surface area contributed by atoms with Crippen molar-refractivity contribution in [1.29, 1.82) is 0 Å². The third kappa shape index (κ3) is 4.25. The molecular formula is C11H16O2Se. The molecule has 0 saturated heterocycles. The molecule has 3 heteroatoms. The van der Waals surface area contributed by atoms with Crippen LogP contribution in [0.5, 0.6) is 0 Å². The SMILES string of the molecule is OCC(CO)CC[Se]c1ccccc1. The average Bonchev–Trinajstić information content (AvgIpc) is 2.26. The van der Waals surface area contributed by atoms with Crippen molar-refractivity contribution in [1.82, 2.24) is 0 Å². The maximum atomic E-state index is 8.87. The monoisotopic (exact) mass is 260 g/mol. The van der Waals surface area contributed by atoms with Crippen LogP contribution >= 0.6 is 0 Å². The van der Waals surface area contributed by atoms with Crippen LogP contribution in [0.3, 0.4) is 0 Å². The molecule has 0 heterocycles. The van der Waals surface area contributed by atoms with Crippen molar-refractivity contribution in [2.45, 2.75) is 11.7 Å². The van der Waals surface area contributed by atoms with E-state index >= 15 is 0 Å². The number of rotatable bonds is 6. The molecule has 0 fully saturated rings. The Morgan fingerprint density at radius 1 is 1.07 bits per heavy atom. The molecule has 2 N–H and O–H groups in total. The van der Waals surface area contributed by atoms with Gasteiger partial charge in [-0.25, -0.2) is 0 Å². The van der Waals surface area contributed by atoms with Crippen molar-refractivity contribution >= 4 is 19.4 Å². The molecule has 0 unspecified atom stereocenters. The van der Waals surface area contributed by atoms with Crippen LogP contribution in [0.15, 0.2) is 30.3 Å². The Hall–Kier alpha value is -0.341.